The fourth-order valence-electron chi connectivity index (χ4n) is 4.67. The van der Waals surface area contributed by atoms with Crippen LogP contribution in [0.2, 0.25) is 13.3 Å². The Morgan fingerprint density at radius 2 is 0.714 bits per heavy atom. The molecule has 0 aromatic rings. The summed E-state index contributed by atoms with van der Waals surface area (Å²) in [7, 11) is 0. The average molecular weight is 602 g/mol. The van der Waals surface area contributed by atoms with Gasteiger partial charge in [-0.05, 0) is 12.8 Å². The number of carbonyl (C=O) groups excluding carboxylic acids is 1. The number of hydrogen-bond donors (Lipinski definition) is 0. The van der Waals surface area contributed by atoms with Crippen molar-refractivity contribution in [2.45, 2.75) is 195 Å². The van der Waals surface area contributed by atoms with Gasteiger partial charge in [0, 0.05) is 5.97 Å². The summed E-state index contributed by atoms with van der Waals surface area (Å²) >= 11 is -0.924. The molecule has 0 aliphatic heterocycles. The summed E-state index contributed by atoms with van der Waals surface area (Å²) in [5, 5.41) is 10.1. The Balaban J connectivity index is 0. The van der Waals surface area contributed by atoms with Gasteiger partial charge < -0.3 is 9.90 Å². The third-order valence-electron chi connectivity index (χ3n) is 7.14. The van der Waals surface area contributed by atoms with Gasteiger partial charge in [0.1, 0.15) is 0 Å². The van der Waals surface area contributed by atoms with E-state index in [1.165, 1.54) is 128 Å². The maximum absolute atomic E-state index is 10.1. The van der Waals surface area contributed by atoms with Gasteiger partial charge in [0.05, 0.1) is 0 Å². The molecule has 0 N–H and O–H groups in total. The summed E-state index contributed by atoms with van der Waals surface area (Å²) in [6.07, 6.45) is 32.0. The van der Waals surface area contributed by atoms with Crippen LogP contribution in [0.25, 0.3) is 0 Å². The first-order valence-corrected chi connectivity index (χ1v) is 22.2. The summed E-state index contributed by atoms with van der Waals surface area (Å²) in [6, 6.07) is 0. The monoisotopic (exact) mass is 602 g/mol. The van der Waals surface area contributed by atoms with Crippen LogP contribution in [0.1, 0.15) is 182 Å². The Bertz CT molecular complexity index is 378. The van der Waals surface area contributed by atoms with E-state index in [4.69, 9.17) is 0 Å². The van der Waals surface area contributed by atoms with Crippen molar-refractivity contribution in [1.82, 2.24) is 0 Å². The first-order valence-electron chi connectivity index (χ1n) is 16.2. The second-order valence-corrected chi connectivity index (χ2v) is 19.4. The van der Waals surface area contributed by atoms with Crippen molar-refractivity contribution in [2.24, 2.45) is 0 Å². The van der Waals surface area contributed by atoms with Crippen LogP contribution in [0.15, 0.2) is 0 Å². The summed E-state index contributed by atoms with van der Waals surface area (Å²) < 4.78 is 5.09. The first kappa shape index (κ1) is 37.4. The van der Waals surface area contributed by atoms with Gasteiger partial charge in [-0.2, -0.15) is 0 Å². The Kier molecular flexibility index (Phi) is 36.6. The Morgan fingerprint density at radius 1 is 0.429 bits per heavy atom. The fraction of sp³-hybridized carbons (Fsp3) is 0.969. The van der Waals surface area contributed by atoms with Crippen LogP contribution in [0.5, 0.6) is 0 Å². The molecule has 2 nitrogen and oxygen atoms in total. The number of aliphatic carboxylic acids is 1. The molecular weight excluding hydrogens is 535 g/mol. The number of carboxylic acids is 1. The SMILES string of the molecule is CCCCCCCCCCCC(=O)[O-].CCCCCCCCCCC[CH2][Sn+]([CH2]CCC)[CH2]CCC. The molecule has 0 fully saturated rings. The predicted octanol–water partition coefficient (Wildman–Crippen LogP) is 10.7. The van der Waals surface area contributed by atoms with Gasteiger partial charge in [0.2, 0.25) is 0 Å². The van der Waals surface area contributed by atoms with Crippen LogP contribution in [-0.2, 0) is 4.79 Å². The van der Waals surface area contributed by atoms with E-state index < -0.39 is 25.7 Å². The molecule has 0 aromatic carbocycles. The van der Waals surface area contributed by atoms with Crippen LogP contribution in [0, 0.1) is 0 Å². The molecule has 0 spiro atoms. The fourth-order valence-corrected chi connectivity index (χ4v) is 13.8. The van der Waals surface area contributed by atoms with Crippen LogP contribution >= 0.6 is 0 Å². The third kappa shape index (κ3) is 36.5. The van der Waals surface area contributed by atoms with Crippen molar-refractivity contribution >= 4 is 25.7 Å². The molecule has 0 aliphatic rings. The minimum absolute atomic E-state index is 0.232. The number of carbonyl (C=O) groups is 1. The summed E-state index contributed by atoms with van der Waals surface area (Å²) in [5.74, 6) is -0.909. The van der Waals surface area contributed by atoms with Crippen LogP contribution in [0.3, 0.4) is 0 Å². The molecule has 210 valence electrons. The van der Waals surface area contributed by atoms with Crippen LogP contribution < -0.4 is 5.11 Å². The van der Waals surface area contributed by atoms with Crippen molar-refractivity contribution in [3.05, 3.63) is 0 Å². The molecule has 0 unspecified atom stereocenters. The number of unbranched alkanes of at least 4 members (excludes halogenated alkanes) is 19. The zero-order chi connectivity index (χ0) is 26.2. The maximum atomic E-state index is 10.1. The van der Waals surface area contributed by atoms with E-state index in [1.54, 1.807) is 19.7 Å². The van der Waals surface area contributed by atoms with E-state index in [2.05, 4.69) is 27.7 Å². The van der Waals surface area contributed by atoms with E-state index in [-0.39, 0.29) is 6.42 Å². The third-order valence-corrected chi connectivity index (χ3v) is 16.2. The van der Waals surface area contributed by atoms with Gasteiger partial charge in [-0.1, -0.05) is 58.3 Å². The molecular formula is C32H66O2Sn. The van der Waals surface area contributed by atoms with Gasteiger partial charge in [-0.3, -0.25) is 0 Å². The van der Waals surface area contributed by atoms with Gasteiger partial charge in [-0.15, -0.1) is 0 Å². The molecule has 0 saturated carbocycles. The van der Waals surface area contributed by atoms with Gasteiger partial charge in [-0.25, -0.2) is 0 Å². The molecule has 0 aromatic heterocycles. The molecule has 0 atom stereocenters. The quantitative estimate of drug-likeness (QED) is 0.0694. The van der Waals surface area contributed by atoms with Crippen molar-refractivity contribution < 1.29 is 9.90 Å². The van der Waals surface area contributed by atoms with E-state index in [0.29, 0.717) is 0 Å². The average Bonchev–Trinajstić information content (AvgIpc) is 2.85. The normalized spacial score (nSPS) is 10.7. The second-order valence-electron chi connectivity index (χ2n) is 10.8. The van der Waals surface area contributed by atoms with Crippen molar-refractivity contribution in [3.8, 4) is 0 Å². The zero-order valence-electron chi connectivity index (χ0n) is 24.9. The molecule has 0 radical (unpaired) electrons. The Labute approximate surface area is 229 Å². The standard InChI is InChI=1S/C12H24O2.C12H25.2C4H9.Sn/c1-2-3-4-5-6-7-8-9-10-11-12(13)14;1-3-5-7-9-11-12-10-8-6-4-2;2*1-3-4-2;/h2-11H2,1H3,(H,13,14);1,3-12H2,2H3;2*1,3-4H2,2H3;/q;;;;+1/p-1. The first-order chi connectivity index (χ1) is 17.1. The number of hydrogen-bond acceptors (Lipinski definition) is 2. The molecule has 3 heteroatoms. The number of rotatable bonds is 27. The zero-order valence-corrected chi connectivity index (χ0v) is 27.8. The van der Waals surface area contributed by atoms with Crippen molar-refractivity contribution in [2.75, 3.05) is 0 Å². The topological polar surface area (TPSA) is 40.1 Å². The van der Waals surface area contributed by atoms with E-state index in [9.17, 15) is 9.90 Å². The van der Waals surface area contributed by atoms with Gasteiger partial charge >= 0.3 is 144 Å². The molecule has 0 amide bonds. The second kappa shape index (κ2) is 34.3. The van der Waals surface area contributed by atoms with Crippen LogP contribution in [-0.4, -0.2) is 25.7 Å². The molecule has 0 saturated heterocycles. The van der Waals surface area contributed by atoms with Crippen LogP contribution in [0.4, 0.5) is 0 Å². The summed E-state index contributed by atoms with van der Waals surface area (Å²) in [5.41, 5.74) is 0. The van der Waals surface area contributed by atoms with Crippen molar-refractivity contribution in [3.63, 3.8) is 0 Å². The predicted molar refractivity (Wildman–Crippen MR) is 159 cm³/mol. The number of carboxylic acid groups (broad SMARTS) is 1. The molecule has 0 rings (SSSR count). The molecule has 0 heterocycles. The molecule has 0 aliphatic carbocycles. The summed E-state index contributed by atoms with van der Waals surface area (Å²) in [4.78, 5) is 10.1. The van der Waals surface area contributed by atoms with Crippen molar-refractivity contribution in [1.29, 1.82) is 0 Å². The van der Waals surface area contributed by atoms with E-state index in [0.717, 1.165) is 12.8 Å². The van der Waals surface area contributed by atoms with E-state index >= 15 is 0 Å². The summed E-state index contributed by atoms with van der Waals surface area (Å²) in [6.45, 7) is 9.25. The Morgan fingerprint density at radius 3 is 1.06 bits per heavy atom. The minimum atomic E-state index is -0.924. The Hall–Kier alpha value is 0.269. The molecule has 35 heavy (non-hydrogen) atoms. The van der Waals surface area contributed by atoms with Gasteiger partial charge in [0.25, 0.3) is 0 Å². The van der Waals surface area contributed by atoms with E-state index in [1.807, 2.05) is 0 Å². The molecule has 0 bridgehead atoms. The van der Waals surface area contributed by atoms with Gasteiger partial charge in [0.15, 0.2) is 0 Å².